The molecular weight excluding hydrogens is 486 g/mol. The molecule has 15 heteroatoms. The number of azo groups is 1. The van der Waals surface area contributed by atoms with Crippen LogP contribution in [-0.2, 0) is 4.79 Å². The number of carbonyl (C=O) groups is 1. The standard InChI is InChI=1S/C20H20ClN7O7/c1-10(9-22)26(12(3)30)17-7-15(23-11(2)29)16(8-19(17)35-4)24-25-20-14(21)5-13(27(31)32)6-18(20)28(33)34/h5-8,10,12,30H,1-4H3,(H,23,29). The highest BCUT2D eigenvalue weighted by molar-refractivity contribution is 6.33. The third kappa shape index (κ3) is 6.16. The van der Waals surface area contributed by atoms with Gasteiger partial charge in [0.15, 0.2) is 5.69 Å². The molecule has 14 nitrogen and oxygen atoms in total. The Balaban J connectivity index is 2.73. The Kier molecular flexibility index (Phi) is 8.59. The molecule has 0 spiro atoms. The van der Waals surface area contributed by atoms with Crippen molar-refractivity contribution in [1.29, 1.82) is 5.26 Å². The number of methoxy groups -OCH3 is 1. The van der Waals surface area contributed by atoms with E-state index < -0.39 is 45.1 Å². The van der Waals surface area contributed by atoms with Crippen molar-refractivity contribution in [2.24, 2.45) is 10.2 Å². The molecule has 184 valence electrons. The molecule has 0 saturated carbocycles. The van der Waals surface area contributed by atoms with Crippen LogP contribution in [0.2, 0.25) is 5.02 Å². The Morgan fingerprint density at radius 1 is 1.23 bits per heavy atom. The number of hydrogen-bond donors (Lipinski definition) is 2. The van der Waals surface area contributed by atoms with Crippen molar-refractivity contribution in [1.82, 2.24) is 0 Å². The minimum Gasteiger partial charge on any atom is -0.494 e. The molecule has 2 unspecified atom stereocenters. The summed E-state index contributed by atoms with van der Waals surface area (Å²) in [6.45, 7) is 4.22. The number of aliphatic hydroxyl groups excluding tert-OH is 1. The van der Waals surface area contributed by atoms with E-state index >= 15 is 0 Å². The van der Waals surface area contributed by atoms with Gasteiger partial charge in [-0.25, -0.2) is 0 Å². The van der Waals surface area contributed by atoms with E-state index in [1.165, 1.54) is 38.0 Å². The van der Waals surface area contributed by atoms with Crippen LogP contribution in [0.4, 0.5) is 34.1 Å². The fourth-order valence-corrected chi connectivity index (χ4v) is 3.36. The number of nitrogens with one attached hydrogen (secondary N) is 1. The van der Waals surface area contributed by atoms with Crippen LogP contribution in [-0.4, -0.2) is 40.2 Å². The van der Waals surface area contributed by atoms with Crippen molar-refractivity contribution in [3.63, 3.8) is 0 Å². The number of halogens is 1. The number of nitrogens with zero attached hydrogens (tertiary/aromatic N) is 6. The van der Waals surface area contributed by atoms with Crippen LogP contribution < -0.4 is 15.0 Å². The number of non-ortho nitro benzene ring substituents is 1. The zero-order valence-corrected chi connectivity index (χ0v) is 19.7. The number of hydrogen-bond acceptors (Lipinski definition) is 11. The first-order chi connectivity index (χ1) is 16.4. The van der Waals surface area contributed by atoms with E-state index in [4.69, 9.17) is 16.3 Å². The Hall–Kier alpha value is -4.35. The predicted octanol–water partition coefficient (Wildman–Crippen LogP) is 4.60. The number of anilines is 2. The van der Waals surface area contributed by atoms with Gasteiger partial charge in [-0.15, -0.1) is 10.2 Å². The second kappa shape index (κ2) is 11.2. The molecule has 0 fully saturated rings. The number of rotatable bonds is 9. The number of benzene rings is 2. The number of carbonyl (C=O) groups excluding carboxylic acids is 1. The van der Waals surface area contributed by atoms with Gasteiger partial charge < -0.3 is 20.1 Å². The molecule has 2 atom stereocenters. The Bertz CT molecular complexity index is 1240. The number of nitriles is 1. The lowest BCUT2D eigenvalue weighted by atomic mass is 10.1. The number of ether oxygens (including phenoxy) is 1. The monoisotopic (exact) mass is 505 g/mol. The molecule has 0 bridgehead atoms. The van der Waals surface area contributed by atoms with Crippen molar-refractivity contribution in [2.45, 2.75) is 33.0 Å². The molecule has 0 aliphatic rings. The van der Waals surface area contributed by atoms with Gasteiger partial charge in [-0.1, -0.05) is 11.6 Å². The van der Waals surface area contributed by atoms with Crippen molar-refractivity contribution in [3.8, 4) is 11.8 Å². The lowest BCUT2D eigenvalue weighted by Crippen LogP contribution is -2.39. The number of aliphatic hydroxyl groups is 1. The van der Waals surface area contributed by atoms with Gasteiger partial charge in [0, 0.05) is 19.1 Å². The van der Waals surface area contributed by atoms with Gasteiger partial charge in [-0.05, 0) is 19.9 Å². The van der Waals surface area contributed by atoms with Crippen molar-refractivity contribution in [2.75, 3.05) is 17.3 Å². The molecule has 2 aromatic rings. The fraction of sp³-hybridized carbons (Fsp3) is 0.300. The Labute approximate surface area is 203 Å². The van der Waals surface area contributed by atoms with Gasteiger partial charge in [0.2, 0.25) is 5.91 Å². The van der Waals surface area contributed by atoms with E-state index in [0.717, 1.165) is 6.07 Å². The van der Waals surface area contributed by atoms with Crippen LogP contribution >= 0.6 is 11.6 Å². The topological polar surface area (TPSA) is 197 Å². The molecule has 0 radical (unpaired) electrons. The summed E-state index contributed by atoms with van der Waals surface area (Å²) in [5.41, 5.74) is -1.48. The first kappa shape index (κ1) is 26.9. The van der Waals surface area contributed by atoms with Crippen LogP contribution in [0.1, 0.15) is 20.8 Å². The zero-order chi connectivity index (χ0) is 26.4. The summed E-state index contributed by atoms with van der Waals surface area (Å²) in [5, 5.41) is 51.9. The van der Waals surface area contributed by atoms with E-state index in [0.29, 0.717) is 6.07 Å². The van der Waals surface area contributed by atoms with Crippen LogP contribution in [0.5, 0.6) is 5.75 Å². The number of nitro groups is 2. The normalized spacial score (nSPS) is 12.5. The summed E-state index contributed by atoms with van der Waals surface area (Å²) in [6, 6.07) is 5.53. The first-order valence-corrected chi connectivity index (χ1v) is 10.2. The van der Waals surface area contributed by atoms with Crippen molar-refractivity contribution in [3.05, 3.63) is 49.5 Å². The maximum atomic E-state index is 11.8. The van der Waals surface area contributed by atoms with Crippen LogP contribution in [0.25, 0.3) is 0 Å². The highest BCUT2D eigenvalue weighted by Crippen LogP contribution is 2.43. The molecule has 1 amide bonds. The molecular formula is C20H20ClN7O7. The quantitative estimate of drug-likeness (QED) is 0.211. The summed E-state index contributed by atoms with van der Waals surface area (Å²) < 4.78 is 5.37. The largest absolute Gasteiger partial charge is 0.494 e. The second-order valence-electron chi connectivity index (χ2n) is 7.08. The molecule has 0 aliphatic carbocycles. The van der Waals surface area contributed by atoms with Gasteiger partial charge in [0.25, 0.3) is 5.69 Å². The van der Waals surface area contributed by atoms with Crippen LogP contribution in [0.3, 0.4) is 0 Å². The first-order valence-electron chi connectivity index (χ1n) is 9.80. The van der Waals surface area contributed by atoms with Crippen molar-refractivity contribution < 1.29 is 24.5 Å². The fourth-order valence-electron chi connectivity index (χ4n) is 3.11. The minimum atomic E-state index is -1.11. The summed E-state index contributed by atoms with van der Waals surface area (Å²) in [4.78, 5) is 33.9. The average molecular weight is 506 g/mol. The van der Waals surface area contributed by atoms with Gasteiger partial charge in [0.1, 0.15) is 23.7 Å². The van der Waals surface area contributed by atoms with E-state index in [1.807, 2.05) is 6.07 Å². The summed E-state index contributed by atoms with van der Waals surface area (Å²) in [7, 11) is 1.33. The molecule has 0 aromatic heterocycles. The van der Waals surface area contributed by atoms with Crippen LogP contribution in [0, 0.1) is 31.6 Å². The predicted molar refractivity (Wildman–Crippen MR) is 125 cm³/mol. The third-order valence-electron chi connectivity index (χ3n) is 4.59. The maximum absolute atomic E-state index is 11.8. The molecule has 2 aromatic carbocycles. The smallest absolute Gasteiger partial charge is 0.305 e. The number of amides is 1. The Morgan fingerprint density at radius 2 is 1.89 bits per heavy atom. The molecule has 2 rings (SSSR count). The second-order valence-corrected chi connectivity index (χ2v) is 7.48. The average Bonchev–Trinajstić information content (AvgIpc) is 2.77. The highest BCUT2D eigenvalue weighted by atomic mass is 35.5. The molecule has 0 saturated heterocycles. The molecule has 0 heterocycles. The third-order valence-corrected chi connectivity index (χ3v) is 4.87. The number of nitro benzene ring substituents is 2. The van der Waals surface area contributed by atoms with E-state index in [2.05, 4.69) is 15.5 Å². The summed E-state index contributed by atoms with van der Waals surface area (Å²) in [5.74, 6) is -0.353. The maximum Gasteiger partial charge on any atom is 0.305 e. The van der Waals surface area contributed by atoms with Crippen LogP contribution in [0.15, 0.2) is 34.5 Å². The minimum absolute atomic E-state index is 0.0142. The molecule has 0 aliphatic heterocycles. The van der Waals surface area contributed by atoms with Gasteiger partial charge in [-0.3, -0.25) is 25.0 Å². The molecule has 2 N–H and O–H groups in total. The van der Waals surface area contributed by atoms with Gasteiger partial charge in [0.05, 0.1) is 45.5 Å². The van der Waals surface area contributed by atoms with Gasteiger partial charge in [-0.2, -0.15) is 5.26 Å². The highest BCUT2D eigenvalue weighted by Gasteiger charge is 2.26. The van der Waals surface area contributed by atoms with Crippen molar-refractivity contribution >= 4 is 51.6 Å². The SMILES string of the molecule is COc1cc(N=Nc2c(Cl)cc([N+](=O)[O-])cc2[N+](=O)[O-])c(NC(C)=O)cc1N(C(C)O)C(C)C#N. The summed E-state index contributed by atoms with van der Waals surface area (Å²) in [6.07, 6.45) is -1.11. The summed E-state index contributed by atoms with van der Waals surface area (Å²) >= 11 is 6.00. The van der Waals surface area contributed by atoms with E-state index in [9.17, 15) is 35.4 Å². The van der Waals surface area contributed by atoms with E-state index in [-0.39, 0.29) is 27.8 Å². The molecule has 35 heavy (non-hydrogen) atoms. The zero-order valence-electron chi connectivity index (χ0n) is 18.9. The lowest BCUT2D eigenvalue weighted by molar-refractivity contribution is -0.393. The van der Waals surface area contributed by atoms with E-state index in [1.54, 1.807) is 6.92 Å². The Morgan fingerprint density at radius 3 is 2.37 bits per heavy atom. The van der Waals surface area contributed by atoms with Gasteiger partial charge >= 0.3 is 5.69 Å². The lowest BCUT2D eigenvalue weighted by Gasteiger charge is -2.31.